The zero-order valence-electron chi connectivity index (χ0n) is 9.22. The molecule has 0 atom stereocenters. The number of nitrogens with one attached hydrogen (secondary N) is 2. The Hall–Kier alpha value is -2.30. The van der Waals surface area contributed by atoms with Gasteiger partial charge < -0.3 is 15.2 Å². The van der Waals surface area contributed by atoms with Crippen LogP contribution in [0.2, 0.25) is 0 Å². The topological polar surface area (TPSA) is 67.2 Å². The fourth-order valence-electron chi connectivity index (χ4n) is 1.34. The van der Waals surface area contributed by atoms with E-state index in [9.17, 15) is 4.79 Å². The summed E-state index contributed by atoms with van der Waals surface area (Å²) < 4.78 is 4.85. The van der Waals surface area contributed by atoms with Crippen molar-refractivity contribution in [3.05, 3.63) is 53.9 Å². The molecule has 2 N–H and O–H groups in total. The summed E-state index contributed by atoms with van der Waals surface area (Å²) in [5, 5.41) is 8.97. The Morgan fingerprint density at radius 3 is 2.59 bits per heavy atom. The van der Waals surface area contributed by atoms with Crippen molar-refractivity contribution in [2.24, 2.45) is 0 Å². The quantitative estimate of drug-likeness (QED) is 0.841. The highest BCUT2D eigenvalue weighted by atomic mass is 16.5. The molecule has 0 saturated heterocycles. The Kier molecular flexibility index (Phi) is 3.75. The van der Waals surface area contributed by atoms with Crippen molar-refractivity contribution in [3.8, 4) is 0 Å². The second-order valence-electron chi connectivity index (χ2n) is 3.50. The van der Waals surface area contributed by atoms with Gasteiger partial charge in [-0.05, 0) is 5.56 Å². The van der Waals surface area contributed by atoms with E-state index in [0.717, 1.165) is 5.56 Å². The molecule has 88 valence electrons. The van der Waals surface area contributed by atoms with E-state index in [1.165, 1.54) is 0 Å². The van der Waals surface area contributed by atoms with E-state index in [2.05, 4.69) is 15.8 Å². The molecular weight excluding hydrogens is 218 g/mol. The van der Waals surface area contributed by atoms with E-state index in [4.69, 9.17) is 4.52 Å². The molecule has 0 spiro atoms. The number of carbonyl (C=O) groups excluding carboxylic acids is 1. The number of amides is 2. The lowest BCUT2D eigenvalue weighted by atomic mass is 10.2. The summed E-state index contributed by atoms with van der Waals surface area (Å²) in [7, 11) is 0. The van der Waals surface area contributed by atoms with Crippen LogP contribution in [-0.4, -0.2) is 11.2 Å². The Balaban J connectivity index is 1.71. The first kappa shape index (κ1) is 11.2. The number of hydrogen-bond acceptors (Lipinski definition) is 3. The summed E-state index contributed by atoms with van der Waals surface area (Å²) in [6.45, 7) is 0.837. The summed E-state index contributed by atoms with van der Waals surface area (Å²) >= 11 is 0. The average molecular weight is 231 g/mol. The van der Waals surface area contributed by atoms with Gasteiger partial charge in [-0.25, -0.2) is 4.79 Å². The lowest BCUT2D eigenvalue weighted by molar-refractivity contribution is 0.238. The summed E-state index contributed by atoms with van der Waals surface area (Å²) in [4.78, 5) is 11.4. The van der Waals surface area contributed by atoms with Crippen molar-refractivity contribution in [1.82, 2.24) is 15.8 Å². The molecule has 2 amide bonds. The molecular formula is C12H13N3O2. The zero-order chi connectivity index (χ0) is 11.9. The maximum atomic E-state index is 11.4. The van der Waals surface area contributed by atoms with Crippen LogP contribution in [0.4, 0.5) is 4.79 Å². The van der Waals surface area contributed by atoms with Crippen molar-refractivity contribution < 1.29 is 9.32 Å². The smallest absolute Gasteiger partial charge is 0.315 e. The number of rotatable bonds is 4. The molecule has 0 aliphatic carbocycles. The molecule has 5 nitrogen and oxygen atoms in total. The lowest BCUT2D eigenvalue weighted by Crippen LogP contribution is -2.34. The lowest BCUT2D eigenvalue weighted by Gasteiger charge is -2.05. The van der Waals surface area contributed by atoms with Gasteiger partial charge in [0.05, 0.1) is 12.7 Å². The van der Waals surface area contributed by atoms with Crippen molar-refractivity contribution in [2.45, 2.75) is 13.1 Å². The normalized spacial score (nSPS) is 9.88. The molecule has 0 unspecified atom stereocenters. The molecule has 1 heterocycles. The second-order valence-corrected chi connectivity index (χ2v) is 3.50. The maximum absolute atomic E-state index is 11.4. The molecule has 2 aromatic rings. The number of hydrogen-bond donors (Lipinski definition) is 2. The highest BCUT2D eigenvalue weighted by Crippen LogP contribution is 1.97. The minimum Gasteiger partial charge on any atom is -0.360 e. The van der Waals surface area contributed by atoms with Crippen LogP contribution in [-0.2, 0) is 13.1 Å². The molecule has 0 bridgehead atoms. The monoisotopic (exact) mass is 231 g/mol. The number of urea groups is 1. The van der Waals surface area contributed by atoms with Gasteiger partial charge in [0, 0.05) is 12.6 Å². The third-order valence-electron chi connectivity index (χ3n) is 2.21. The van der Waals surface area contributed by atoms with Crippen molar-refractivity contribution in [2.75, 3.05) is 0 Å². The summed E-state index contributed by atoms with van der Waals surface area (Å²) in [6.07, 6.45) is 1.54. The van der Waals surface area contributed by atoms with Crippen molar-refractivity contribution in [3.63, 3.8) is 0 Å². The third-order valence-corrected chi connectivity index (χ3v) is 2.21. The van der Waals surface area contributed by atoms with Gasteiger partial charge in [-0.2, -0.15) is 0 Å². The van der Waals surface area contributed by atoms with E-state index in [-0.39, 0.29) is 6.03 Å². The van der Waals surface area contributed by atoms with Gasteiger partial charge in [-0.3, -0.25) is 0 Å². The van der Waals surface area contributed by atoms with Crippen LogP contribution in [0.15, 0.2) is 47.1 Å². The Morgan fingerprint density at radius 1 is 1.12 bits per heavy atom. The van der Waals surface area contributed by atoms with Crippen LogP contribution >= 0.6 is 0 Å². The molecule has 0 aliphatic heterocycles. The first-order valence-electron chi connectivity index (χ1n) is 5.30. The molecule has 0 fully saturated rings. The molecule has 5 heteroatoms. The van der Waals surface area contributed by atoms with Gasteiger partial charge in [-0.15, -0.1) is 0 Å². The first-order valence-corrected chi connectivity index (χ1v) is 5.30. The largest absolute Gasteiger partial charge is 0.360 e. The molecule has 17 heavy (non-hydrogen) atoms. The third kappa shape index (κ3) is 3.64. The van der Waals surface area contributed by atoms with Crippen molar-refractivity contribution >= 4 is 6.03 Å². The SMILES string of the molecule is O=C(NCc1ccccc1)NCc1ccno1. The second kappa shape index (κ2) is 5.69. The predicted molar refractivity (Wildman–Crippen MR) is 62.0 cm³/mol. The summed E-state index contributed by atoms with van der Waals surface area (Å²) in [6, 6.07) is 11.2. The van der Waals surface area contributed by atoms with Crippen molar-refractivity contribution in [1.29, 1.82) is 0 Å². The fourth-order valence-corrected chi connectivity index (χ4v) is 1.34. The number of aromatic nitrogens is 1. The Bertz CT molecular complexity index is 454. The van der Waals surface area contributed by atoms with E-state index >= 15 is 0 Å². The van der Waals surface area contributed by atoms with Gasteiger partial charge in [0.15, 0.2) is 5.76 Å². The molecule has 1 aromatic heterocycles. The maximum Gasteiger partial charge on any atom is 0.315 e. The van der Waals surface area contributed by atoms with Crippen LogP contribution in [0.1, 0.15) is 11.3 Å². The highest BCUT2D eigenvalue weighted by Gasteiger charge is 2.02. The van der Waals surface area contributed by atoms with Crippen LogP contribution in [0.5, 0.6) is 0 Å². The van der Waals surface area contributed by atoms with E-state index in [1.807, 2.05) is 30.3 Å². The first-order chi connectivity index (χ1) is 8.34. The number of nitrogens with zero attached hydrogens (tertiary/aromatic N) is 1. The van der Waals surface area contributed by atoms with Crippen LogP contribution < -0.4 is 10.6 Å². The highest BCUT2D eigenvalue weighted by molar-refractivity contribution is 5.73. The number of benzene rings is 1. The van der Waals surface area contributed by atoms with E-state index < -0.39 is 0 Å². The number of carbonyl (C=O) groups is 1. The summed E-state index contributed by atoms with van der Waals surface area (Å²) in [5.74, 6) is 0.625. The van der Waals surface area contributed by atoms with Crippen LogP contribution in [0.3, 0.4) is 0 Å². The Morgan fingerprint density at radius 2 is 1.88 bits per heavy atom. The molecule has 0 aliphatic rings. The minimum atomic E-state index is -0.231. The predicted octanol–water partition coefficient (Wildman–Crippen LogP) is 1.67. The van der Waals surface area contributed by atoms with Gasteiger partial charge in [0.2, 0.25) is 0 Å². The fraction of sp³-hybridized carbons (Fsp3) is 0.167. The van der Waals surface area contributed by atoms with Crippen LogP contribution in [0.25, 0.3) is 0 Å². The van der Waals surface area contributed by atoms with Crippen LogP contribution in [0, 0.1) is 0 Å². The van der Waals surface area contributed by atoms with E-state index in [1.54, 1.807) is 12.3 Å². The standard InChI is InChI=1S/C12H13N3O2/c16-12(14-9-11-6-7-15-17-11)13-8-10-4-2-1-3-5-10/h1-7H,8-9H2,(H2,13,14,16). The van der Waals surface area contributed by atoms with Gasteiger partial charge >= 0.3 is 6.03 Å². The minimum absolute atomic E-state index is 0.231. The molecule has 1 aromatic carbocycles. The van der Waals surface area contributed by atoms with E-state index in [0.29, 0.717) is 18.8 Å². The van der Waals surface area contributed by atoms with Gasteiger partial charge in [0.1, 0.15) is 0 Å². The average Bonchev–Trinajstić information content (AvgIpc) is 2.88. The molecule has 0 saturated carbocycles. The summed E-state index contributed by atoms with van der Waals surface area (Å²) in [5.41, 5.74) is 1.06. The molecule has 0 radical (unpaired) electrons. The van der Waals surface area contributed by atoms with Gasteiger partial charge in [-0.1, -0.05) is 35.5 Å². The zero-order valence-corrected chi connectivity index (χ0v) is 9.22. The van der Waals surface area contributed by atoms with Gasteiger partial charge in [0.25, 0.3) is 0 Å². The molecule has 2 rings (SSSR count). The Labute approximate surface area is 98.8 Å².